The summed E-state index contributed by atoms with van der Waals surface area (Å²) in [6.07, 6.45) is 3.10. The van der Waals surface area contributed by atoms with Crippen LogP contribution in [0.1, 0.15) is 12.8 Å². The standard InChI is InChI=1S/C13H19BrN2O3S/c1-20(17,18)16-6-2-3-10(8-16)9-19-13-5-4-11(14)7-12(13)15/h4-5,7,10H,2-3,6,8-9,15H2,1H3. The number of sulfonamides is 1. The van der Waals surface area contributed by atoms with Crippen molar-refractivity contribution >= 4 is 31.6 Å². The van der Waals surface area contributed by atoms with Gasteiger partial charge in [0.1, 0.15) is 5.75 Å². The molecular formula is C13H19BrN2O3S. The van der Waals surface area contributed by atoms with Crippen molar-refractivity contribution in [2.75, 3.05) is 31.7 Å². The third-order valence-electron chi connectivity index (χ3n) is 3.40. The van der Waals surface area contributed by atoms with E-state index in [1.807, 2.05) is 12.1 Å². The minimum absolute atomic E-state index is 0.210. The molecule has 0 amide bonds. The van der Waals surface area contributed by atoms with Gasteiger partial charge in [-0.25, -0.2) is 12.7 Å². The molecular weight excluding hydrogens is 344 g/mol. The summed E-state index contributed by atoms with van der Waals surface area (Å²) >= 11 is 3.34. The maximum absolute atomic E-state index is 11.6. The molecule has 2 N–H and O–H groups in total. The van der Waals surface area contributed by atoms with E-state index in [2.05, 4.69) is 15.9 Å². The molecule has 1 aromatic rings. The number of anilines is 1. The van der Waals surface area contributed by atoms with Crippen molar-refractivity contribution in [1.29, 1.82) is 0 Å². The molecule has 1 aromatic carbocycles. The Morgan fingerprint density at radius 1 is 1.50 bits per heavy atom. The monoisotopic (exact) mass is 362 g/mol. The molecule has 1 fully saturated rings. The summed E-state index contributed by atoms with van der Waals surface area (Å²) in [5.74, 6) is 0.853. The van der Waals surface area contributed by atoms with E-state index >= 15 is 0 Å². The molecule has 1 heterocycles. The lowest BCUT2D eigenvalue weighted by Gasteiger charge is -2.30. The van der Waals surface area contributed by atoms with E-state index < -0.39 is 10.0 Å². The van der Waals surface area contributed by atoms with Crippen LogP contribution in [0.25, 0.3) is 0 Å². The fourth-order valence-electron chi connectivity index (χ4n) is 2.32. The summed E-state index contributed by atoms with van der Waals surface area (Å²) in [7, 11) is -3.11. The smallest absolute Gasteiger partial charge is 0.211 e. The molecule has 1 unspecified atom stereocenters. The Hall–Kier alpha value is -0.790. The summed E-state index contributed by atoms with van der Waals surface area (Å²) < 4.78 is 31.3. The lowest BCUT2D eigenvalue weighted by molar-refractivity contribution is 0.181. The van der Waals surface area contributed by atoms with Gasteiger partial charge in [0.2, 0.25) is 10.0 Å². The van der Waals surface area contributed by atoms with E-state index in [-0.39, 0.29) is 5.92 Å². The van der Waals surface area contributed by atoms with Crippen LogP contribution in [-0.4, -0.2) is 38.7 Å². The number of halogens is 1. The fraction of sp³-hybridized carbons (Fsp3) is 0.538. The van der Waals surface area contributed by atoms with E-state index in [0.29, 0.717) is 31.1 Å². The van der Waals surface area contributed by atoms with E-state index in [0.717, 1.165) is 17.3 Å². The zero-order valence-electron chi connectivity index (χ0n) is 11.4. The lowest BCUT2D eigenvalue weighted by Crippen LogP contribution is -2.40. The molecule has 0 aromatic heterocycles. The maximum Gasteiger partial charge on any atom is 0.211 e. The van der Waals surface area contributed by atoms with Crippen LogP contribution in [0.3, 0.4) is 0 Å². The number of hydrogen-bond acceptors (Lipinski definition) is 4. The van der Waals surface area contributed by atoms with Gasteiger partial charge >= 0.3 is 0 Å². The molecule has 1 aliphatic rings. The van der Waals surface area contributed by atoms with Crippen LogP contribution in [0, 0.1) is 5.92 Å². The van der Waals surface area contributed by atoms with Crippen LogP contribution in [0.4, 0.5) is 5.69 Å². The molecule has 1 atom stereocenters. The Morgan fingerprint density at radius 2 is 2.25 bits per heavy atom. The van der Waals surface area contributed by atoms with E-state index in [1.54, 1.807) is 6.07 Å². The molecule has 0 radical (unpaired) electrons. The third kappa shape index (κ3) is 4.10. The first-order valence-corrected chi connectivity index (χ1v) is 9.13. The molecule has 0 spiro atoms. The van der Waals surface area contributed by atoms with Crippen molar-refractivity contribution in [2.45, 2.75) is 12.8 Å². The number of nitrogens with zero attached hydrogens (tertiary/aromatic N) is 1. The molecule has 5 nitrogen and oxygen atoms in total. The molecule has 2 rings (SSSR count). The Balaban J connectivity index is 1.94. The van der Waals surface area contributed by atoms with E-state index in [1.165, 1.54) is 10.6 Å². The predicted molar refractivity (Wildman–Crippen MR) is 83.2 cm³/mol. The van der Waals surface area contributed by atoms with Crippen LogP contribution in [0.15, 0.2) is 22.7 Å². The summed E-state index contributed by atoms with van der Waals surface area (Å²) in [6, 6.07) is 5.48. The zero-order valence-corrected chi connectivity index (χ0v) is 13.8. The zero-order chi connectivity index (χ0) is 14.8. The number of nitrogens with two attached hydrogens (primary N) is 1. The van der Waals surface area contributed by atoms with E-state index in [4.69, 9.17) is 10.5 Å². The molecule has 0 bridgehead atoms. The minimum atomic E-state index is -3.11. The first-order valence-electron chi connectivity index (χ1n) is 6.49. The first kappa shape index (κ1) is 15.6. The summed E-state index contributed by atoms with van der Waals surface area (Å²) in [5.41, 5.74) is 6.45. The number of benzene rings is 1. The van der Waals surface area contributed by atoms with Crippen molar-refractivity contribution in [3.8, 4) is 5.75 Å². The third-order valence-corrected chi connectivity index (χ3v) is 5.16. The Bertz CT molecular complexity index is 577. The second-order valence-corrected chi connectivity index (χ2v) is 8.02. The van der Waals surface area contributed by atoms with Crippen molar-refractivity contribution in [1.82, 2.24) is 4.31 Å². The second-order valence-electron chi connectivity index (χ2n) is 5.12. The summed E-state index contributed by atoms with van der Waals surface area (Å²) in [5, 5.41) is 0. The fourth-order valence-corrected chi connectivity index (χ4v) is 3.64. The van der Waals surface area contributed by atoms with Crippen LogP contribution in [0.5, 0.6) is 5.75 Å². The van der Waals surface area contributed by atoms with Crippen molar-refractivity contribution < 1.29 is 13.2 Å². The molecule has 1 saturated heterocycles. The average molecular weight is 363 g/mol. The van der Waals surface area contributed by atoms with Crippen LogP contribution < -0.4 is 10.5 Å². The van der Waals surface area contributed by atoms with Gasteiger partial charge in [-0.15, -0.1) is 0 Å². The van der Waals surface area contributed by atoms with Gasteiger partial charge in [0.05, 0.1) is 18.6 Å². The summed E-state index contributed by atoms with van der Waals surface area (Å²) in [4.78, 5) is 0. The van der Waals surface area contributed by atoms with Gasteiger partial charge in [-0.3, -0.25) is 0 Å². The number of hydrogen-bond donors (Lipinski definition) is 1. The largest absolute Gasteiger partial charge is 0.491 e. The van der Waals surface area contributed by atoms with Gasteiger partial charge in [-0.2, -0.15) is 0 Å². The number of rotatable bonds is 4. The lowest BCUT2D eigenvalue weighted by atomic mass is 10.0. The average Bonchev–Trinajstić information content (AvgIpc) is 2.37. The number of piperidine rings is 1. The van der Waals surface area contributed by atoms with E-state index in [9.17, 15) is 8.42 Å². The van der Waals surface area contributed by atoms with Crippen LogP contribution in [0.2, 0.25) is 0 Å². The summed E-state index contributed by atoms with van der Waals surface area (Å²) in [6.45, 7) is 1.61. The van der Waals surface area contributed by atoms with Gasteiger partial charge < -0.3 is 10.5 Å². The quantitative estimate of drug-likeness (QED) is 0.832. The highest BCUT2D eigenvalue weighted by Crippen LogP contribution is 2.27. The highest BCUT2D eigenvalue weighted by molar-refractivity contribution is 9.10. The SMILES string of the molecule is CS(=O)(=O)N1CCCC(COc2ccc(Br)cc2N)C1. The van der Waals surface area contributed by atoms with Crippen molar-refractivity contribution in [3.05, 3.63) is 22.7 Å². The maximum atomic E-state index is 11.6. The molecule has 112 valence electrons. The van der Waals surface area contributed by atoms with Crippen LogP contribution in [-0.2, 0) is 10.0 Å². The topological polar surface area (TPSA) is 72.6 Å². The normalized spacial score (nSPS) is 20.8. The predicted octanol–water partition coefficient (Wildman–Crippen LogP) is 2.08. The first-order chi connectivity index (χ1) is 9.36. The Labute approximate surface area is 128 Å². The van der Waals surface area contributed by atoms with Gasteiger partial charge in [0.25, 0.3) is 0 Å². The Kier molecular flexibility index (Phi) is 4.93. The molecule has 1 aliphatic heterocycles. The Morgan fingerprint density at radius 3 is 2.90 bits per heavy atom. The highest BCUT2D eigenvalue weighted by Gasteiger charge is 2.26. The molecule has 0 saturated carbocycles. The van der Waals surface area contributed by atoms with Crippen LogP contribution >= 0.6 is 15.9 Å². The molecule has 20 heavy (non-hydrogen) atoms. The second kappa shape index (κ2) is 6.32. The van der Waals surface area contributed by atoms with Crippen molar-refractivity contribution in [3.63, 3.8) is 0 Å². The molecule has 0 aliphatic carbocycles. The minimum Gasteiger partial charge on any atom is -0.491 e. The van der Waals surface area contributed by atoms with Crippen molar-refractivity contribution in [2.24, 2.45) is 5.92 Å². The van der Waals surface area contributed by atoms with Gasteiger partial charge in [-0.1, -0.05) is 15.9 Å². The highest BCUT2D eigenvalue weighted by atomic mass is 79.9. The van der Waals surface area contributed by atoms with Gasteiger partial charge in [0.15, 0.2) is 0 Å². The van der Waals surface area contributed by atoms with Gasteiger partial charge in [0, 0.05) is 23.5 Å². The number of ether oxygens (including phenoxy) is 1. The molecule has 7 heteroatoms. The van der Waals surface area contributed by atoms with Gasteiger partial charge in [-0.05, 0) is 31.0 Å². The number of nitrogen functional groups attached to an aromatic ring is 1.